The molecule has 0 saturated carbocycles. The maximum atomic E-state index is 5.73. The highest BCUT2D eigenvalue weighted by Crippen LogP contribution is 2.33. The Morgan fingerprint density at radius 2 is 1.95 bits per heavy atom. The van der Waals surface area contributed by atoms with Gasteiger partial charge in [0.1, 0.15) is 5.75 Å². The monoisotopic (exact) mass is 374 g/mol. The zero-order valence-corrected chi connectivity index (χ0v) is 13.3. The van der Waals surface area contributed by atoms with Crippen molar-refractivity contribution in [2.24, 2.45) is 0 Å². The van der Waals surface area contributed by atoms with Crippen LogP contribution in [0, 0.1) is 0 Å². The molecule has 0 unspecified atom stereocenters. The van der Waals surface area contributed by atoms with Crippen LogP contribution in [0.15, 0.2) is 16.6 Å². The lowest BCUT2D eigenvalue weighted by Crippen LogP contribution is -2.06. The molecule has 104 valence electrons. The lowest BCUT2D eigenvalue weighted by Gasteiger charge is -2.10. The van der Waals surface area contributed by atoms with Gasteiger partial charge < -0.3 is 10.1 Å². The molecule has 1 aromatic heterocycles. The number of fused-ring (bicyclic) bond motifs is 1. The van der Waals surface area contributed by atoms with Crippen LogP contribution in [0.5, 0.6) is 5.75 Å². The Labute approximate surface area is 133 Å². The van der Waals surface area contributed by atoms with Gasteiger partial charge >= 0.3 is 0 Å². The summed E-state index contributed by atoms with van der Waals surface area (Å²) in [6.07, 6.45) is 0.922. The van der Waals surface area contributed by atoms with Crippen LogP contribution in [-0.2, 0) is 13.0 Å². The van der Waals surface area contributed by atoms with Gasteiger partial charge in [-0.15, -0.1) is 0 Å². The van der Waals surface area contributed by atoms with Gasteiger partial charge in [0.15, 0.2) is 0 Å². The van der Waals surface area contributed by atoms with Gasteiger partial charge in [0.2, 0.25) is 16.5 Å². The summed E-state index contributed by atoms with van der Waals surface area (Å²) in [6, 6.07) is 4.07. The first-order valence-corrected chi connectivity index (χ1v) is 7.42. The van der Waals surface area contributed by atoms with E-state index in [0.29, 0.717) is 19.1 Å². The fourth-order valence-corrected chi connectivity index (χ4v) is 2.97. The van der Waals surface area contributed by atoms with Crippen molar-refractivity contribution < 1.29 is 4.74 Å². The van der Waals surface area contributed by atoms with Crippen LogP contribution in [0.4, 0.5) is 5.95 Å². The van der Waals surface area contributed by atoms with Crippen molar-refractivity contribution in [1.82, 2.24) is 15.0 Å². The average Bonchev–Trinajstić information content (AvgIpc) is 2.82. The Bertz CT molecular complexity index is 648. The molecule has 0 spiro atoms. The Morgan fingerprint density at radius 1 is 1.20 bits per heavy atom. The first-order chi connectivity index (χ1) is 9.61. The van der Waals surface area contributed by atoms with E-state index >= 15 is 0 Å². The number of halogens is 3. The topological polar surface area (TPSA) is 59.9 Å². The van der Waals surface area contributed by atoms with Gasteiger partial charge in [-0.2, -0.15) is 15.0 Å². The van der Waals surface area contributed by atoms with E-state index in [1.165, 1.54) is 5.56 Å². The summed E-state index contributed by atoms with van der Waals surface area (Å²) in [6.45, 7) is 1.22. The molecule has 0 saturated heterocycles. The number of ether oxygens (including phenoxy) is 1. The van der Waals surface area contributed by atoms with Crippen molar-refractivity contribution in [3.63, 3.8) is 0 Å². The van der Waals surface area contributed by atoms with Gasteiger partial charge in [-0.25, -0.2) is 0 Å². The molecule has 0 radical (unpaired) electrons. The van der Waals surface area contributed by atoms with Crippen LogP contribution in [0.2, 0.25) is 10.6 Å². The predicted octanol–water partition coefficient (Wildman–Crippen LogP) is 3.49. The van der Waals surface area contributed by atoms with Crippen LogP contribution < -0.4 is 10.1 Å². The number of hydrogen-bond acceptors (Lipinski definition) is 5. The van der Waals surface area contributed by atoms with Gasteiger partial charge in [0.05, 0.1) is 6.61 Å². The lowest BCUT2D eigenvalue weighted by molar-refractivity contribution is 0.354. The summed E-state index contributed by atoms with van der Waals surface area (Å²) in [5, 5.41) is 3.18. The number of aromatic nitrogens is 3. The highest BCUT2D eigenvalue weighted by atomic mass is 79.9. The van der Waals surface area contributed by atoms with Crippen molar-refractivity contribution in [3.8, 4) is 5.75 Å². The summed E-state index contributed by atoms with van der Waals surface area (Å²) in [5.74, 6) is 1.26. The van der Waals surface area contributed by atoms with E-state index < -0.39 is 0 Å². The molecular weight excluding hydrogens is 367 g/mol. The fraction of sp³-hybridized carbons (Fsp3) is 0.250. The first kappa shape index (κ1) is 13.9. The minimum atomic E-state index is 0.0585. The van der Waals surface area contributed by atoms with Gasteiger partial charge in [0.25, 0.3) is 0 Å². The second-order valence-corrected chi connectivity index (χ2v) is 5.79. The molecule has 1 aromatic carbocycles. The Hall–Kier alpha value is -1.11. The third kappa shape index (κ3) is 2.97. The summed E-state index contributed by atoms with van der Waals surface area (Å²) in [5.41, 5.74) is 2.22. The van der Waals surface area contributed by atoms with E-state index in [1.807, 2.05) is 6.07 Å². The maximum Gasteiger partial charge on any atom is 0.228 e. The fourth-order valence-electron chi connectivity index (χ4n) is 2.06. The van der Waals surface area contributed by atoms with Gasteiger partial charge in [0, 0.05) is 23.0 Å². The van der Waals surface area contributed by atoms with E-state index in [9.17, 15) is 0 Å². The normalized spacial score (nSPS) is 12.9. The molecule has 1 aliphatic rings. The third-order valence-corrected chi connectivity index (χ3v) is 3.64. The predicted molar refractivity (Wildman–Crippen MR) is 80.5 cm³/mol. The van der Waals surface area contributed by atoms with Crippen molar-refractivity contribution in [3.05, 3.63) is 38.3 Å². The van der Waals surface area contributed by atoms with Gasteiger partial charge in [-0.05, 0) is 40.9 Å². The average molecular weight is 376 g/mol. The van der Waals surface area contributed by atoms with Crippen molar-refractivity contribution >= 4 is 45.1 Å². The minimum Gasteiger partial charge on any atom is -0.493 e. The zero-order valence-electron chi connectivity index (χ0n) is 10.2. The SMILES string of the molecule is Clc1nc(Cl)nc(NCc2cc(Br)cc3c2OCC3)n1. The van der Waals surface area contributed by atoms with E-state index in [2.05, 4.69) is 42.3 Å². The molecule has 3 rings (SSSR count). The largest absolute Gasteiger partial charge is 0.493 e. The number of hydrogen-bond donors (Lipinski definition) is 1. The van der Waals surface area contributed by atoms with Crippen LogP contribution >= 0.6 is 39.1 Å². The van der Waals surface area contributed by atoms with Crippen LogP contribution in [0.25, 0.3) is 0 Å². The summed E-state index contributed by atoms with van der Waals surface area (Å²) in [4.78, 5) is 11.6. The lowest BCUT2D eigenvalue weighted by atomic mass is 10.1. The van der Waals surface area contributed by atoms with Gasteiger partial charge in [-0.3, -0.25) is 0 Å². The molecule has 2 aromatic rings. The highest BCUT2D eigenvalue weighted by Gasteiger charge is 2.17. The summed E-state index contributed by atoms with van der Waals surface area (Å²) >= 11 is 15.0. The zero-order chi connectivity index (χ0) is 14.1. The minimum absolute atomic E-state index is 0.0585. The van der Waals surface area contributed by atoms with Gasteiger partial charge in [-0.1, -0.05) is 15.9 Å². The Kier molecular flexibility index (Phi) is 3.96. The molecule has 0 fully saturated rings. The number of nitrogens with one attached hydrogen (secondary N) is 1. The second kappa shape index (κ2) is 5.71. The molecule has 8 heteroatoms. The molecule has 1 N–H and O–H groups in total. The Morgan fingerprint density at radius 3 is 2.70 bits per heavy atom. The molecule has 0 amide bonds. The third-order valence-electron chi connectivity index (χ3n) is 2.84. The number of anilines is 1. The van der Waals surface area contributed by atoms with E-state index in [-0.39, 0.29) is 10.6 Å². The number of benzene rings is 1. The molecule has 20 heavy (non-hydrogen) atoms. The van der Waals surface area contributed by atoms with Crippen LogP contribution in [0.3, 0.4) is 0 Å². The molecule has 5 nitrogen and oxygen atoms in total. The first-order valence-electron chi connectivity index (χ1n) is 5.87. The van der Waals surface area contributed by atoms with Crippen molar-refractivity contribution in [2.75, 3.05) is 11.9 Å². The van der Waals surface area contributed by atoms with E-state index in [0.717, 1.165) is 22.2 Å². The highest BCUT2D eigenvalue weighted by molar-refractivity contribution is 9.10. The van der Waals surface area contributed by atoms with Crippen LogP contribution in [0.1, 0.15) is 11.1 Å². The number of rotatable bonds is 3. The Balaban J connectivity index is 1.82. The molecule has 1 aliphatic heterocycles. The van der Waals surface area contributed by atoms with E-state index in [4.69, 9.17) is 27.9 Å². The maximum absolute atomic E-state index is 5.73. The quantitative estimate of drug-likeness (QED) is 0.889. The van der Waals surface area contributed by atoms with Crippen LogP contribution in [-0.4, -0.2) is 21.6 Å². The standard InChI is InChI=1S/C12H9BrCl2N4O/c13-8-3-6-1-2-20-9(6)7(4-8)5-16-12-18-10(14)17-11(15)19-12/h3-4H,1-2,5H2,(H,16,17,18,19). The molecule has 2 heterocycles. The molecule has 0 atom stereocenters. The molecular formula is C12H9BrCl2N4O. The summed E-state index contributed by atoms with van der Waals surface area (Å²) in [7, 11) is 0. The summed E-state index contributed by atoms with van der Waals surface area (Å²) < 4.78 is 6.67. The number of nitrogens with zero attached hydrogens (tertiary/aromatic N) is 3. The molecule has 0 bridgehead atoms. The molecule has 0 aliphatic carbocycles. The van der Waals surface area contributed by atoms with Crippen molar-refractivity contribution in [1.29, 1.82) is 0 Å². The second-order valence-electron chi connectivity index (χ2n) is 4.20. The van der Waals surface area contributed by atoms with E-state index in [1.54, 1.807) is 0 Å². The van der Waals surface area contributed by atoms with Crippen molar-refractivity contribution in [2.45, 2.75) is 13.0 Å². The smallest absolute Gasteiger partial charge is 0.228 e.